The summed E-state index contributed by atoms with van der Waals surface area (Å²) in [7, 11) is 0. The van der Waals surface area contributed by atoms with Crippen LogP contribution in [0.3, 0.4) is 0 Å². The maximum atomic E-state index is 12.1. The van der Waals surface area contributed by atoms with Crippen LogP contribution in [0.15, 0.2) is 24.3 Å². The molecule has 2 heterocycles. The van der Waals surface area contributed by atoms with Gasteiger partial charge in [0.1, 0.15) is 12.4 Å². The minimum absolute atomic E-state index is 0.0341. The maximum Gasteiger partial charge on any atom is 0.240 e. The first-order chi connectivity index (χ1) is 10.2. The van der Waals surface area contributed by atoms with E-state index in [1.807, 2.05) is 35.8 Å². The highest BCUT2D eigenvalue weighted by Gasteiger charge is 2.16. The summed E-state index contributed by atoms with van der Waals surface area (Å²) in [6, 6.07) is 7.90. The highest BCUT2D eigenvalue weighted by atomic mass is 16.5. The predicted molar refractivity (Wildman–Crippen MR) is 81.0 cm³/mol. The molecule has 0 spiro atoms. The van der Waals surface area contributed by atoms with Gasteiger partial charge in [-0.3, -0.25) is 4.79 Å². The van der Waals surface area contributed by atoms with Crippen molar-refractivity contribution >= 4 is 16.9 Å². The first-order valence-corrected chi connectivity index (χ1v) is 7.50. The molecule has 21 heavy (non-hydrogen) atoms. The Bertz CT molecular complexity index is 629. The Balaban J connectivity index is 1.62. The highest BCUT2D eigenvalue weighted by molar-refractivity contribution is 5.81. The second-order valence-electron chi connectivity index (χ2n) is 5.62. The molecule has 1 saturated heterocycles. The second-order valence-corrected chi connectivity index (χ2v) is 5.62. The number of para-hydroxylation sites is 2. The predicted octanol–water partition coefficient (Wildman–Crippen LogP) is 1.89. The molecule has 0 aliphatic carbocycles. The summed E-state index contributed by atoms with van der Waals surface area (Å²) in [6.07, 6.45) is 2.22. The lowest BCUT2D eigenvalue weighted by Crippen LogP contribution is -2.35. The Morgan fingerprint density at radius 1 is 1.48 bits per heavy atom. The highest BCUT2D eigenvalue weighted by Crippen LogP contribution is 2.15. The molecule has 0 saturated carbocycles. The molecule has 5 nitrogen and oxygen atoms in total. The molecule has 1 aliphatic rings. The number of rotatable bonds is 4. The molecule has 112 valence electrons. The third-order valence-corrected chi connectivity index (χ3v) is 3.99. The fourth-order valence-electron chi connectivity index (χ4n) is 2.82. The van der Waals surface area contributed by atoms with Crippen molar-refractivity contribution in [3.8, 4) is 0 Å². The van der Waals surface area contributed by atoms with Gasteiger partial charge in [-0.1, -0.05) is 12.1 Å². The molecule has 0 radical (unpaired) electrons. The number of nitrogens with one attached hydrogen (secondary N) is 1. The van der Waals surface area contributed by atoms with Crippen molar-refractivity contribution < 1.29 is 9.53 Å². The number of amides is 1. The minimum Gasteiger partial charge on any atom is -0.381 e. The van der Waals surface area contributed by atoms with Crippen LogP contribution >= 0.6 is 0 Å². The van der Waals surface area contributed by atoms with Crippen LogP contribution in [-0.2, 0) is 16.1 Å². The minimum atomic E-state index is 0.0341. The number of hydrogen-bond donors (Lipinski definition) is 1. The molecule has 1 aromatic carbocycles. The molecule has 1 aliphatic heterocycles. The first-order valence-electron chi connectivity index (χ1n) is 7.50. The maximum absolute atomic E-state index is 12.1. The van der Waals surface area contributed by atoms with E-state index in [4.69, 9.17) is 4.74 Å². The molecule has 1 amide bonds. The van der Waals surface area contributed by atoms with Crippen LogP contribution in [0.25, 0.3) is 11.0 Å². The fraction of sp³-hybridized carbons (Fsp3) is 0.500. The number of carbonyl (C=O) groups excluding carboxylic acids is 1. The second kappa shape index (κ2) is 6.26. The van der Waals surface area contributed by atoms with Crippen molar-refractivity contribution in [3.05, 3.63) is 30.1 Å². The normalized spacial score (nSPS) is 18.8. The quantitative estimate of drug-likeness (QED) is 0.934. The van der Waals surface area contributed by atoms with Crippen molar-refractivity contribution in [2.45, 2.75) is 26.3 Å². The van der Waals surface area contributed by atoms with Crippen molar-refractivity contribution in [3.63, 3.8) is 0 Å². The van der Waals surface area contributed by atoms with Gasteiger partial charge in [-0.05, 0) is 37.8 Å². The third kappa shape index (κ3) is 3.24. The van der Waals surface area contributed by atoms with Crippen molar-refractivity contribution in [2.24, 2.45) is 5.92 Å². The first kappa shape index (κ1) is 14.1. The van der Waals surface area contributed by atoms with Crippen LogP contribution in [0.1, 0.15) is 18.7 Å². The van der Waals surface area contributed by atoms with E-state index in [1.165, 1.54) is 0 Å². The van der Waals surface area contributed by atoms with Crippen molar-refractivity contribution in [1.82, 2.24) is 14.9 Å². The Hall–Kier alpha value is -1.88. The Morgan fingerprint density at radius 2 is 2.33 bits per heavy atom. The summed E-state index contributed by atoms with van der Waals surface area (Å²) in [5.41, 5.74) is 1.94. The molecule has 0 bridgehead atoms. The standard InChI is InChI=1S/C16H21N3O2/c1-12-18-14-6-2-3-7-15(14)19(12)10-16(20)17-9-13-5-4-8-21-11-13/h2-3,6-7,13H,4-5,8-11H2,1H3,(H,17,20)/t13-/m1/s1. The van der Waals surface area contributed by atoms with Gasteiger partial charge in [0, 0.05) is 13.2 Å². The number of aryl methyl sites for hydroxylation is 1. The largest absolute Gasteiger partial charge is 0.381 e. The van der Waals surface area contributed by atoms with Crippen molar-refractivity contribution in [2.75, 3.05) is 19.8 Å². The molecule has 2 aromatic rings. The van der Waals surface area contributed by atoms with Crippen LogP contribution in [0.4, 0.5) is 0 Å². The van der Waals surface area contributed by atoms with Crippen LogP contribution in [0.2, 0.25) is 0 Å². The van der Waals surface area contributed by atoms with Gasteiger partial charge in [-0.15, -0.1) is 0 Å². The van der Waals surface area contributed by atoms with E-state index in [-0.39, 0.29) is 5.91 Å². The zero-order valence-electron chi connectivity index (χ0n) is 12.3. The summed E-state index contributed by atoms with van der Waals surface area (Å²) in [4.78, 5) is 16.6. The number of carbonyl (C=O) groups is 1. The van der Waals surface area contributed by atoms with E-state index in [9.17, 15) is 4.79 Å². The molecular weight excluding hydrogens is 266 g/mol. The molecule has 1 aromatic heterocycles. The van der Waals surface area contributed by atoms with E-state index in [2.05, 4.69) is 10.3 Å². The number of hydrogen-bond acceptors (Lipinski definition) is 3. The van der Waals surface area contributed by atoms with Gasteiger partial charge in [0.05, 0.1) is 17.6 Å². The summed E-state index contributed by atoms with van der Waals surface area (Å²) in [5, 5.41) is 3.02. The lowest BCUT2D eigenvalue weighted by atomic mass is 10.0. The SMILES string of the molecule is Cc1nc2ccccc2n1CC(=O)NC[C@H]1CCCOC1. The average Bonchev–Trinajstić information content (AvgIpc) is 2.82. The monoisotopic (exact) mass is 287 g/mol. The molecule has 1 atom stereocenters. The fourth-order valence-corrected chi connectivity index (χ4v) is 2.82. The number of aromatic nitrogens is 2. The Labute approximate surface area is 124 Å². The van der Waals surface area contributed by atoms with Gasteiger partial charge in [-0.25, -0.2) is 4.98 Å². The van der Waals surface area contributed by atoms with Gasteiger partial charge in [-0.2, -0.15) is 0 Å². The van der Waals surface area contributed by atoms with Gasteiger partial charge >= 0.3 is 0 Å². The topological polar surface area (TPSA) is 56.2 Å². The lowest BCUT2D eigenvalue weighted by molar-refractivity contribution is -0.122. The summed E-state index contributed by atoms with van der Waals surface area (Å²) in [5.74, 6) is 1.35. The third-order valence-electron chi connectivity index (χ3n) is 3.99. The summed E-state index contributed by atoms with van der Waals surface area (Å²) in [6.45, 7) is 4.56. The van der Waals surface area contributed by atoms with Gasteiger partial charge < -0.3 is 14.6 Å². The zero-order valence-corrected chi connectivity index (χ0v) is 12.3. The van der Waals surface area contributed by atoms with Crippen LogP contribution in [0, 0.1) is 12.8 Å². The lowest BCUT2D eigenvalue weighted by Gasteiger charge is -2.22. The number of fused-ring (bicyclic) bond motifs is 1. The summed E-state index contributed by atoms with van der Waals surface area (Å²) < 4.78 is 7.39. The van der Waals surface area contributed by atoms with Gasteiger partial charge in [0.15, 0.2) is 0 Å². The van der Waals surface area contributed by atoms with E-state index in [0.717, 1.165) is 42.9 Å². The van der Waals surface area contributed by atoms with Crippen molar-refractivity contribution in [1.29, 1.82) is 0 Å². The number of imidazole rings is 1. The number of ether oxygens (including phenoxy) is 1. The van der Waals surface area contributed by atoms with E-state index in [1.54, 1.807) is 0 Å². The average molecular weight is 287 g/mol. The number of nitrogens with zero attached hydrogens (tertiary/aromatic N) is 2. The van der Waals surface area contributed by atoms with Gasteiger partial charge in [0.2, 0.25) is 5.91 Å². The summed E-state index contributed by atoms with van der Waals surface area (Å²) >= 11 is 0. The molecular formula is C16H21N3O2. The van der Waals surface area contributed by atoms with Crippen LogP contribution in [0.5, 0.6) is 0 Å². The number of benzene rings is 1. The smallest absolute Gasteiger partial charge is 0.240 e. The molecule has 1 N–H and O–H groups in total. The van der Waals surface area contributed by atoms with Crippen LogP contribution in [-0.4, -0.2) is 35.2 Å². The molecule has 0 unspecified atom stereocenters. The zero-order chi connectivity index (χ0) is 14.7. The van der Waals surface area contributed by atoms with E-state index < -0.39 is 0 Å². The molecule has 1 fully saturated rings. The van der Waals surface area contributed by atoms with Crippen LogP contribution < -0.4 is 5.32 Å². The molecule has 5 heteroatoms. The Kier molecular flexibility index (Phi) is 4.20. The van der Waals surface area contributed by atoms with E-state index in [0.29, 0.717) is 19.0 Å². The Morgan fingerprint density at radius 3 is 3.14 bits per heavy atom. The van der Waals surface area contributed by atoms with Gasteiger partial charge in [0.25, 0.3) is 0 Å². The molecule has 3 rings (SSSR count). The van der Waals surface area contributed by atoms with E-state index >= 15 is 0 Å².